The summed E-state index contributed by atoms with van der Waals surface area (Å²) in [6.07, 6.45) is 0. The molecular formula is C23H40O13. The summed E-state index contributed by atoms with van der Waals surface area (Å²) >= 11 is 0. The van der Waals surface area contributed by atoms with Gasteiger partial charge in [-0.05, 0) is 34.6 Å². The number of carbonyl (C=O) groups is 4. The first-order valence-electron chi connectivity index (χ1n) is 9.94. The number of aliphatic carboxylic acids is 4. The summed E-state index contributed by atoms with van der Waals surface area (Å²) < 4.78 is 0. The summed E-state index contributed by atoms with van der Waals surface area (Å²) in [6.45, 7) is 19.5. The highest BCUT2D eigenvalue weighted by Crippen LogP contribution is 2.14. The van der Waals surface area contributed by atoms with E-state index in [1.807, 2.05) is 0 Å². The van der Waals surface area contributed by atoms with Gasteiger partial charge in [0.05, 0.1) is 38.4 Å². The minimum absolute atomic E-state index is 0.0235. The third-order valence-corrected chi connectivity index (χ3v) is 3.03. The Labute approximate surface area is 210 Å². The highest BCUT2D eigenvalue weighted by atomic mass is 17.2. The molecule has 0 aromatic rings. The van der Waals surface area contributed by atoms with Crippen LogP contribution in [0.4, 0.5) is 0 Å². The maximum Gasteiger partial charge on any atom is 0.330 e. The lowest BCUT2D eigenvalue weighted by Crippen LogP contribution is -2.38. The van der Waals surface area contributed by atoms with Crippen molar-refractivity contribution < 1.29 is 64.7 Å². The molecule has 0 amide bonds. The van der Waals surface area contributed by atoms with Crippen molar-refractivity contribution in [3.05, 3.63) is 48.6 Å². The molecule has 0 saturated heterocycles. The smallest absolute Gasteiger partial charge is 0.330 e. The molecule has 0 saturated carbocycles. The topological polar surface area (TPSA) is 228 Å². The molecule has 0 atom stereocenters. The number of hydrogen-bond donors (Lipinski definition) is 7. The van der Waals surface area contributed by atoms with Crippen LogP contribution in [0.3, 0.4) is 0 Å². The molecule has 210 valence electrons. The van der Waals surface area contributed by atoms with Gasteiger partial charge in [0.1, 0.15) is 0 Å². The van der Waals surface area contributed by atoms with Crippen LogP contribution in [-0.2, 0) is 29.0 Å². The quantitative estimate of drug-likeness (QED) is 0.0880. The minimum Gasteiger partial charge on any atom is -0.478 e. The molecule has 0 heterocycles. The van der Waals surface area contributed by atoms with Gasteiger partial charge >= 0.3 is 23.9 Å². The molecular weight excluding hydrogens is 484 g/mol. The molecule has 0 fully saturated rings. The molecule has 0 aromatic heterocycles. The van der Waals surface area contributed by atoms with Crippen molar-refractivity contribution in [2.45, 2.75) is 34.6 Å². The molecule has 0 aliphatic rings. The molecule has 0 rings (SSSR count). The average molecular weight is 525 g/mol. The molecule has 0 bridgehead atoms. The maximum absolute atomic E-state index is 9.60. The van der Waals surface area contributed by atoms with Crippen LogP contribution in [0, 0.1) is 5.41 Å². The van der Waals surface area contributed by atoms with Gasteiger partial charge in [-0.25, -0.2) is 29.0 Å². The summed E-state index contributed by atoms with van der Waals surface area (Å²) in [7, 11) is 0. The zero-order valence-corrected chi connectivity index (χ0v) is 21.4. The predicted octanol–water partition coefficient (Wildman–Crippen LogP) is 1.51. The van der Waals surface area contributed by atoms with Gasteiger partial charge in [0.15, 0.2) is 0 Å². The van der Waals surface area contributed by atoms with Crippen LogP contribution in [0.25, 0.3) is 0 Å². The van der Waals surface area contributed by atoms with Crippen LogP contribution in [0.5, 0.6) is 0 Å². The average Bonchev–Trinajstić information content (AvgIpc) is 2.78. The van der Waals surface area contributed by atoms with E-state index in [1.165, 1.54) is 27.7 Å². The highest BCUT2D eigenvalue weighted by Gasteiger charge is 2.29. The Morgan fingerprint density at radius 3 is 0.889 bits per heavy atom. The zero-order chi connectivity index (χ0) is 30.1. The molecule has 13 heteroatoms. The first kappa shape index (κ1) is 42.8. The summed E-state index contributed by atoms with van der Waals surface area (Å²) in [4.78, 5) is 47.6. The van der Waals surface area contributed by atoms with Crippen LogP contribution in [0.15, 0.2) is 48.6 Å². The van der Waals surface area contributed by atoms with E-state index < -0.39 is 29.3 Å². The second-order valence-corrected chi connectivity index (χ2v) is 6.98. The minimum atomic E-state index is -1.00. The van der Waals surface area contributed by atoms with Crippen molar-refractivity contribution >= 4 is 23.9 Å². The Morgan fingerprint density at radius 1 is 0.583 bits per heavy atom. The van der Waals surface area contributed by atoms with Crippen molar-refractivity contribution in [3.8, 4) is 0 Å². The normalized spacial score (nSPS) is 9.00. The molecule has 0 radical (unpaired) electrons. The van der Waals surface area contributed by atoms with Gasteiger partial charge in [-0.3, -0.25) is 0 Å². The van der Waals surface area contributed by atoms with Crippen molar-refractivity contribution in [1.82, 2.24) is 0 Å². The fourth-order valence-electron chi connectivity index (χ4n) is 0.537. The van der Waals surface area contributed by atoms with Gasteiger partial charge in [-0.1, -0.05) is 26.3 Å². The van der Waals surface area contributed by atoms with Crippen molar-refractivity contribution in [2.24, 2.45) is 5.41 Å². The lowest BCUT2D eigenvalue weighted by atomic mass is 9.93. The molecule has 0 aliphatic heterocycles. The predicted molar refractivity (Wildman–Crippen MR) is 131 cm³/mol. The SMILES string of the molecule is C=C(C)C(=O)O.C=C(C)C(=O)O.C=C(C)C(=O)O.C=C(C)C(=O)O.CCOOCC(CO)(CO)CO. The van der Waals surface area contributed by atoms with Gasteiger partial charge in [-0.15, -0.1) is 0 Å². The van der Waals surface area contributed by atoms with Crippen LogP contribution in [0.2, 0.25) is 0 Å². The number of carboxylic acids is 4. The van der Waals surface area contributed by atoms with Crippen molar-refractivity contribution in [1.29, 1.82) is 0 Å². The Hall–Kier alpha value is -3.36. The van der Waals surface area contributed by atoms with Crippen LogP contribution in [0.1, 0.15) is 34.6 Å². The van der Waals surface area contributed by atoms with E-state index in [0.29, 0.717) is 6.61 Å². The second kappa shape index (κ2) is 26.2. The summed E-state index contributed by atoms with van der Waals surface area (Å²) in [5.74, 6) is -3.74. The van der Waals surface area contributed by atoms with Crippen molar-refractivity contribution in [3.63, 3.8) is 0 Å². The van der Waals surface area contributed by atoms with E-state index in [9.17, 15) is 19.2 Å². The van der Waals surface area contributed by atoms with Crippen LogP contribution in [-0.4, -0.2) is 92.7 Å². The molecule has 0 aromatic carbocycles. The number of carboxylic acid groups (broad SMARTS) is 4. The second-order valence-electron chi connectivity index (χ2n) is 6.98. The molecule has 13 nitrogen and oxygen atoms in total. The lowest BCUT2D eigenvalue weighted by Gasteiger charge is -2.25. The Morgan fingerprint density at radius 2 is 0.778 bits per heavy atom. The van der Waals surface area contributed by atoms with E-state index >= 15 is 0 Å². The number of hydrogen-bond acceptors (Lipinski definition) is 9. The molecule has 0 spiro atoms. The zero-order valence-electron chi connectivity index (χ0n) is 21.4. The van der Waals surface area contributed by atoms with Gasteiger partial charge < -0.3 is 35.7 Å². The molecule has 36 heavy (non-hydrogen) atoms. The van der Waals surface area contributed by atoms with Gasteiger partial charge in [0.2, 0.25) is 0 Å². The fourth-order valence-corrected chi connectivity index (χ4v) is 0.537. The fraction of sp³-hybridized carbons (Fsp3) is 0.478. The Kier molecular flexibility index (Phi) is 31.2. The highest BCUT2D eigenvalue weighted by molar-refractivity contribution is 5.85. The van der Waals surface area contributed by atoms with Crippen LogP contribution < -0.4 is 0 Å². The third-order valence-electron chi connectivity index (χ3n) is 3.03. The van der Waals surface area contributed by atoms with E-state index in [4.69, 9.17) is 35.7 Å². The monoisotopic (exact) mass is 524 g/mol. The summed E-state index contributed by atoms with van der Waals surface area (Å²) in [5, 5.41) is 58.0. The van der Waals surface area contributed by atoms with Gasteiger partial charge in [0, 0.05) is 22.3 Å². The summed E-state index contributed by atoms with van der Waals surface area (Å²) in [5.41, 5.74) is -0.301. The standard InChI is InChI=1S/C7H16O5.4C4H6O2/c1-2-11-12-6-7(3-8,4-9)5-10;4*1-3(2)4(5)6/h8-10H,2-6H2,1H3;4*1H2,2H3,(H,5,6). The first-order valence-corrected chi connectivity index (χ1v) is 9.94. The van der Waals surface area contributed by atoms with Gasteiger partial charge in [0.25, 0.3) is 0 Å². The molecule has 7 N–H and O–H groups in total. The van der Waals surface area contributed by atoms with Crippen LogP contribution >= 0.6 is 0 Å². The van der Waals surface area contributed by atoms with E-state index in [2.05, 4.69) is 36.1 Å². The van der Waals surface area contributed by atoms with E-state index in [-0.39, 0.29) is 48.7 Å². The maximum atomic E-state index is 9.60. The Balaban J connectivity index is -0.000000116. The largest absolute Gasteiger partial charge is 0.478 e. The lowest BCUT2D eigenvalue weighted by molar-refractivity contribution is -0.313. The number of aliphatic hydroxyl groups excluding tert-OH is 3. The van der Waals surface area contributed by atoms with Gasteiger partial charge in [-0.2, -0.15) is 0 Å². The molecule has 0 unspecified atom stereocenters. The Bertz CT molecular complexity index is 567. The number of aliphatic hydroxyl groups is 3. The number of rotatable bonds is 11. The third kappa shape index (κ3) is 35.2. The van der Waals surface area contributed by atoms with E-state index in [1.54, 1.807) is 6.92 Å². The van der Waals surface area contributed by atoms with E-state index in [0.717, 1.165) is 0 Å². The summed E-state index contributed by atoms with van der Waals surface area (Å²) in [6, 6.07) is 0. The van der Waals surface area contributed by atoms with Crippen molar-refractivity contribution in [2.75, 3.05) is 33.0 Å². The first-order chi connectivity index (χ1) is 16.3. The molecule has 0 aliphatic carbocycles.